The molecule has 36 heavy (non-hydrogen) atoms. The second kappa shape index (κ2) is 12.7. The van der Waals surface area contributed by atoms with Gasteiger partial charge in [-0.3, -0.25) is 19.1 Å². The van der Waals surface area contributed by atoms with Crippen molar-refractivity contribution in [1.82, 2.24) is 19.0 Å². The minimum absolute atomic E-state index is 0.0470. The molecule has 1 saturated heterocycles. The highest BCUT2D eigenvalue weighted by Gasteiger charge is 2.27. The summed E-state index contributed by atoms with van der Waals surface area (Å²) in [6.07, 6.45) is 5.61. The van der Waals surface area contributed by atoms with Crippen molar-refractivity contribution in [3.63, 3.8) is 0 Å². The topological polar surface area (TPSA) is 127 Å². The van der Waals surface area contributed by atoms with E-state index < -0.39 is 0 Å². The predicted octanol–water partition coefficient (Wildman–Crippen LogP) is 2.86. The molecule has 0 bridgehead atoms. The smallest absolute Gasteiger partial charge is 0.333 e. The Morgan fingerprint density at radius 2 is 1.92 bits per heavy atom. The third kappa shape index (κ3) is 6.96. The third-order valence-corrected chi connectivity index (χ3v) is 6.69. The van der Waals surface area contributed by atoms with Gasteiger partial charge in [0.2, 0.25) is 5.91 Å². The van der Waals surface area contributed by atoms with E-state index in [2.05, 4.69) is 34.4 Å². The highest BCUT2D eigenvalue weighted by atomic mass is 16.2. The number of carbonyl (C=O) groups is 1. The summed E-state index contributed by atoms with van der Waals surface area (Å²) in [5, 5.41) is 6.08. The Morgan fingerprint density at radius 3 is 2.53 bits per heavy atom. The number of aryl methyl sites for hydroxylation is 1. The lowest BCUT2D eigenvalue weighted by Crippen LogP contribution is -2.48. The maximum absolute atomic E-state index is 13.3. The van der Waals surface area contributed by atoms with Crippen molar-refractivity contribution in [2.75, 3.05) is 36.0 Å². The van der Waals surface area contributed by atoms with Gasteiger partial charge >= 0.3 is 5.69 Å². The minimum atomic E-state index is -0.390. The third-order valence-electron chi connectivity index (χ3n) is 6.69. The number of rotatable bonds is 11. The van der Waals surface area contributed by atoms with Crippen LogP contribution in [0, 0.1) is 18.8 Å². The number of likely N-dealkylation sites (tertiary alicyclic amines) is 1. The number of amides is 1. The Bertz CT molecular complexity index is 1130. The summed E-state index contributed by atoms with van der Waals surface area (Å²) in [6.45, 7) is 10.7. The molecule has 198 valence electrons. The van der Waals surface area contributed by atoms with Crippen LogP contribution in [-0.4, -0.2) is 44.6 Å². The van der Waals surface area contributed by atoms with Crippen LogP contribution in [0.5, 0.6) is 0 Å². The van der Waals surface area contributed by atoms with Gasteiger partial charge in [-0.15, -0.1) is 0 Å². The Kier molecular flexibility index (Phi) is 9.69. The van der Waals surface area contributed by atoms with Crippen LogP contribution in [0.4, 0.5) is 17.3 Å². The molecular formula is C26H41N7O3. The Labute approximate surface area is 212 Å². The van der Waals surface area contributed by atoms with Crippen LogP contribution < -0.4 is 27.6 Å². The normalized spacial score (nSPS) is 14.8. The molecule has 1 amide bonds. The van der Waals surface area contributed by atoms with Gasteiger partial charge in [-0.05, 0) is 50.2 Å². The van der Waals surface area contributed by atoms with E-state index >= 15 is 0 Å². The molecule has 0 saturated carbocycles. The number of nitrogens with two attached hydrogens (primary N) is 1. The first kappa shape index (κ1) is 27.4. The van der Waals surface area contributed by atoms with E-state index in [4.69, 9.17) is 5.73 Å². The zero-order valence-electron chi connectivity index (χ0n) is 22.0. The number of piperidine rings is 1. The summed E-state index contributed by atoms with van der Waals surface area (Å²) in [5.41, 5.74) is 6.85. The molecule has 1 aliphatic heterocycles. The number of pyridine rings is 1. The molecule has 2 aromatic heterocycles. The number of nitrogen functional groups attached to an aromatic ring is 1. The second-order valence-corrected chi connectivity index (χ2v) is 10.1. The summed E-state index contributed by atoms with van der Waals surface area (Å²) in [4.78, 5) is 45.5. The van der Waals surface area contributed by atoms with Crippen LogP contribution in [0.2, 0.25) is 0 Å². The van der Waals surface area contributed by atoms with Gasteiger partial charge in [0, 0.05) is 38.3 Å². The quantitative estimate of drug-likeness (QED) is 0.434. The van der Waals surface area contributed by atoms with Gasteiger partial charge in [0.25, 0.3) is 5.56 Å². The first-order chi connectivity index (χ1) is 17.2. The molecule has 0 unspecified atom stereocenters. The SMILES string of the molecule is CCCCn1c(N)c(NCCC(C)C)c(=O)n(CN2CCC(C(=O)Nc3ccc(C)cn3)CC2)c1=O. The first-order valence-corrected chi connectivity index (χ1v) is 13.0. The summed E-state index contributed by atoms with van der Waals surface area (Å²) < 4.78 is 2.79. The van der Waals surface area contributed by atoms with E-state index in [0.717, 1.165) is 24.8 Å². The minimum Gasteiger partial charge on any atom is -0.383 e. The lowest BCUT2D eigenvalue weighted by Gasteiger charge is -2.31. The number of hydrogen-bond donors (Lipinski definition) is 3. The lowest BCUT2D eigenvalue weighted by atomic mass is 9.96. The van der Waals surface area contributed by atoms with Crippen LogP contribution in [0.1, 0.15) is 58.4 Å². The summed E-state index contributed by atoms with van der Waals surface area (Å²) in [6, 6.07) is 3.71. The van der Waals surface area contributed by atoms with Gasteiger partial charge in [-0.1, -0.05) is 33.3 Å². The molecule has 4 N–H and O–H groups in total. The fourth-order valence-corrected chi connectivity index (χ4v) is 4.33. The fourth-order valence-electron chi connectivity index (χ4n) is 4.33. The maximum atomic E-state index is 13.3. The molecule has 0 radical (unpaired) electrons. The van der Waals surface area contributed by atoms with Crippen molar-refractivity contribution >= 4 is 23.2 Å². The molecule has 10 nitrogen and oxygen atoms in total. The molecule has 3 rings (SSSR count). The molecule has 2 aromatic rings. The highest BCUT2D eigenvalue weighted by Crippen LogP contribution is 2.20. The molecule has 1 aliphatic rings. The van der Waals surface area contributed by atoms with Gasteiger partial charge in [-0.2, -0.15) is 0 Å². The van der Waals surface area contributed by atoms with Crippen LogP contribution >= 0.6 is 0 Å². The number of nitrogens with one attached hydrogen (secondary N) is 2. The van der Waals surface area contributed by atoms with E-state index in [1.165, 1.54) is 9.13 Å². The molecular weight excluding hydrogens is 458 g/mol. The zero-order valence-corrected chi connectivity index (χ0v) is 22.0. The van der Waals surface area contributed by atoms with Gasteiger partial charge in [-0.25, -0.2) is 14.3 Å². The van der Waals surface area contributed by atoms with E-state index in [0.29, 0.717) is 56.4 Å². The Morgan fingerprint density at radius 1 is 1.19 bits per heavy atom. The fraction of sp³-hybridized carbons (Fsp3) is 0.615. The van der Waals surface area contributed by atoms with Crippen LogP contribution in [-0.2, 0) is 18.0 Å². The predicted molar refractivity (Wildman–Crippen MR) is 144 cm³/mol. The van der Waals surface area contributed by atoms with Crippen molar-refractivity contribution in [1.29, 1.82) is 0 Å². The molecule has 0 spiro atoms. The average molecular weight is 500 g/mol. The van der Waals surface area contributed by atoms with Crippen molar-refractivity contribution in [3.05, 3.63) is 44.7 Å². The second-order valence-electron chi connectivity index (χ2n) is 10.1. The summed E-state index contributed by atoms with van der Waals surface area (Å²) in [5.74, 6) is 1.05. The number of unbranched alkanes of at least 4 members (excludes halogenated alkanes) is 1. The Hall–Kier alpha value is -3.14. The standard InChI is InChI=1S/C26H41N7O3/c1-5-6-13-32-23(27)22(28-12-9-18(2)3)25(35)33(26(32)36)17-31-14-10-20(11-15-31)24(34)30-21-8-7-19(4)16-29-21/h7-8,16,18,20,28H,5-6,9-15,17,27H2,1-4H3,(H,29,30,34). The highest BCUT2D eigenvalue weighted by molar-refractivity contribution is 5.91. The summed E-state index contributed by atoms with van der Waals surface area (Å²) in [7, 11) is 0. The Balaban J connectivity index is 1.71. The van der Waals surface area contributed by atoms with Crippen molar-refractivity contribution in [2.45, 2.75) is 73.0 Å². The maximum Gasteiger partial charge on any atom is 0.333 e. The average Bonchev–Trinajstić information content (AvgIpc) is 2.85. The van der Waals surface area contributed by atoms with Gasteiger partial charge < -0.3 is 16.4 Å². The van der Waals surface area contributed by atoms with Gasteiger partial charge in [0.05, 0.1) is 6.67 Å². The van der Waals surface area contributed by atoms with E-state index in [-0.39, 0.29) is 35.6 Å². The largest absolute Gasteiger partial charge is 0.383 e. The zero-order chi connectivity index (χ0) is 26.2. The molecule has 0 atom stereocenters. The summed E-state index contributed by atoms with van der Waals surface area (Å²) >= 11 is 0. The van der Waals surface area contributed by atoms with Crippen molar-refractivity contribution in [2.24, 2.45) is 11.8 Å². The monoisotopic (exact) mass is 499 g/mol. The molecule has 0 aliphatic carbocycles. The number of anilines is 3. The van der Waals surface area contributed by atoms with Crippen LogP contribution in [0.25, 0.3) is 0 Å². The van der Waals surface area contributed by atoms with Crippen molar-refractivity contribution in [3.8, 4) is 0 Å². The van der Waals surface area contributed by atoms with Gasteiger partial charge in [0.1, 0.15) is 17.3 Å². The number of nitrogens with zero attached hydrogens (tertiary/aromatic N) is 4. The van der Waals surface area contributed by atoms with Crippen molar-refractivity contribution < 1.29 is 4.79 Å². The van der Waals surface area contributed by atoms with E-state index in [9.17, 15) is 14.4 Å². The van der Waals surface area contributed by atoms with E-state index in [1.807, 2.05) is 19.9 Å². The van der Waals surface area contributed by atoms with Crippen LogP contribution in [0.15, 0.2) is 27.9 Å². The number of hydrogen-bond acceptors (Lipinski definition) is 7. The van der Waals surface area contributed by atoms with Crippen LogP contribution in [0.3, 0.4) is 0 Å². The number of carbonyl (C=O) groups excluding carboxylic acids is 1. The van der Waals surface area contributed by atoms with E-state index in [1.54, 1.807) is 12.3 Å². The lowest BCUT2D eigenvalue weighted by molar-refractivity contribution is -0.121. The molecule has 3 heterocycles. The first-order valence-electron chi connectivity index (χ1n) is 13.0. The molecule has 0 aromatic carbocycles. The molecule has 10 heteroatoms. The molecule has 1 fully saturated rings. The number of aromatic nitrogens is 3. The van der Waals surface area contributed by atoms with Gasteiger partial charge in [0.15, 0.2) is 0 Å².